The number of carbonyl (C=O) groups excluding carboxylic acids is 2. The van der Waals surface area contributed by atoms with Crippen LogP contribution in [-0.2, 0) is 0 Å². The van der Waals surface area contributed by atoms with Crippen LogP contribution in [0.5, 0.6) is 23.0 Å². The van der Waals surface area contributed by atoms with Crippen molar-refractivity contribution in [2.45, 2.75) is 6.92 Å². The molecule has 8 nitrogen and oxygen atoms in total. The fourth-order valence-electron chi connectivity index (χ4n) is 2.43. The van der Waals surface area contributed by atoms with Gasteiger partial charge < -0.3 is 18.9 Å². The van der Waals surface area contributed by atoms with Crippen molar-refractivity contribution in [3.05, 3.63) is 45.9 Å². The highest BCUT2D eigenvalue weighted by Crippen LogP contribution is 2.38. The van der Waals surface area contributed by atoms with Gasteiger partial charge in [-0.1, -0.05) is 15.9 Å². The second kappa shape index (κ2) is 9.84. The molecule has 150 valence electrons. The van der Waals surface area contributed by atoms with Crippen LogP contribution in [0, 0.1) is 0 Å². The number of halogens is 1. The molecule has 28 heavy (non-hydrogen) atoms. The van der Waals surface area contributed by atoms with Crippen LogP contribution in [0.4, 0.5) is 0 Å². The number of ether oxygens (including phenoxy) is 4. The second-order valence-electron chi connectivity index (χ2n) is 5.40. The molecule has 2 N–H and O–H groups in total. The maximum absolute atomic E-state index is 12.5. The number of methoxy groups -OCH3 is 3. The van der Waals surface area contributed by atoms with Crippen molar-refractivity contribution in [1.82, 2.24) is 10.9 Å². The SMILES string of the molecule is CCOc1ccc(Br)cc1C(=O)NNC(=O)c1cc(OC)c(OC)c(OC)c1. The Morgan fingerprint density at radius 3 is 2.04 bits per heavy atom. The lowest BCUT2D eigenvalue weighted by Crippen LogP contribution is -2.41. The first kappa shape index (κ1) is 21.4. The van der Waals surface area contributed by atoms with E-state index in [4.69, 9.17) is 18.9 Å². The molecule has 0 heterocycles. The zero-order chi connectivity index (χ0) is 20.7. The average Bonchev–Trinajstić information content (AvgIpc) is 2.71. The Labute approximate surface area is 171 Å². The smallest absolute Gasteiger partial charge is 0.273 e. The summed E-state index contributed by atoms with van der Waals surface area (Å²) in [5.41, 5.74) is 5.24. The Bertz CT molecular complexity index is 846. The molecular formula is C19H21BrN2O6. The van der Waals surface area contributed by atoms with Crippen molar-refractivity contribution in [3.63, 3.8) is 0 Å². The quantitative estimate of drug-likeness (QED) is 0.627. The molecule has 0 aromatic heterocycles. The van der Waals surface area contributed by atoms with Crippen LogP contribution < -0.4 is 29.8 Å². The molecule has 0 spiro atoms. The highest BCUT2D eigenvalue weighted by Gasteiger charge is 2.18. The maximum Gasteiger partial charge on any atom is 0.273 e. The van der Waals surface area contributed by atoms with Crippen LogP contribution >= 0.6 is 15.9 Å². The third-order valence-corrected chi connectivity index (χ3v) is 4.20. The molecule has 0 saturated heterocycles. The lowest BCUT2D eigenvalue weighted by Gasteiger charge is -2.15. The Hall–Kier alpha value is -2.94. The molecule has 0 radical (unpaired) electrons. The summed E-state index contributed by atoms with van der Waals surface area (Å²) in [6.07, 6.45) is 0. The molecule has 2 amide bonds. The molecule has 0 atom stereocenters. The average molecular weight is 453 g/mol. The summed E-state index contributed by atoms with van der Waals surface area (Å²) < 4.78 is 21.8. The van der Waals surface area contributed by atoms with Gasteiger partial charge in [-0.15, -0.1) is 0 Å². The van der Waals surface area contributed by atoms with Gasteiger partial charge in [0.25, 0.3) is 11.8 Å². The highest BCUT2D eigenvalue weighted by atomic mass is 79.9. The van der Waals surface area contributed by atoms with Crippen molar-refractivity contribution in [2.24, 2.45) is 0 Å². The first-order valence-corrected chi connectivity index (χ1v) is 9.07. The molecule has 0 aliphatic heterocycles. The number of carbonyl (C=O) groups is 2. The zero-order valence-corrected chi connectivity index (χ0v) is 17.5. The van der Waals surface area contributed by atoms with E-state index in [1.807, 2.05) is 6.92 Å². The van der Waals surface area contributed by atoms with Crippen LogP contribution in [-0.4, -0.2) is 39.8 Å². The van der Waals surface area contributed by atoms with Gasteiger partial charge in [-0.25, -0.2) is 0 Å². The van der Waals surface area contributed by atoms with Crippen LogP contribution in [0.1, 0.15) is 27.6 Å². The molecule has 0 fully saturated rings. The number of benzene rings is 2. The number of hydrogen-bond donors (Lipinski definition) is 2. The summed E-state index contributed by atoms with van der Waals surface area (Å²) >= 11 is 3.32. The highest BCUT2D eigenvalue weighted by molar-refractivity contribution is 9.10. The summed E-state index contributed by atoms with van der Waals surface area (Å²) in [5, 5.41) is 0. The van der Waals surface area contributed by atoms with Crippen LogP contribution in [0.25, 0.3) is 0 Å². The standard InChI is InChI=1S/C19H21BrN2O6/c1-5-28-14-7-6-12(20)10-13(14)19(24)22-21-18(23)11-8-15(25-2)17(27-4)16(9-11)26-3/h6-10H,5H2,1-4H3,(H,21,23)(H,22,24). The van der Waals surface area contributed by atoms with E-state index >= 15 is 0 Å². The van der Waals surface area contributed by atoms with Crippen LogP contribution in [0.3, 0.4) is 0 Å². The predicted molar refractivity (Wildman–Crippen MR) is 106 cm³/mol. The Morgan fingerprint density at radius 1 is 0.893 bits per heavy atom. The number of amides is 2. The van der Waals surface area contributed by atoms with Crippen molar-refractivity contribution >= 4 is 27.7 Å². The Morgan fingerprint density at radius 2 is 1.50 bits per heavy atom. The van der Waals surface area contributed by atoms with E-state index < -0.39 is 11.8 Å². The lowest BCUT2D eigenvalue weighted by molar-refractivity contribution is 0.0844. The van der Waals surface area contributed by atoms with E-state index in [2.05, 4.69) is 26.8 Å². The third kappa shape index (κ3) is 4.86. The van der Waals surface area contributed by atoms with E-state index in [9.17, 15) is 9.59 Å². The van der Waals surface area contributed by atoms with Gasteiger partial charge in [0.2, 0.25) is 5.75 Å². The lowest BCUT2D eigenvalue weighted by atomic mass is 10.1. The summed E-state index contributed by atoms with van der Waals surface area (Å²) in [7, 11) is 4.36. The van der Waals surface area contributed by atoms with Gasteiger partial charge in [0.15, 0.2) is 11.5 Å². The molecule has 0 aliphatic rings. The van der Waals surface area contributed by atoms with E-state index in [0.29, 0.717) is 34.1 Å². The van der Waals surface area contributed by atoms with Gasteiger partial charge in [-0.05, 0) is 37.3 Å². The van der Waals surface area contributed by atoms with Gasteiger partial charge in [-0.3, -0.25) is 20.4 Å². The molecule has 9 heteroatoms. The summed E-state index contributed by atoms with van der Waals surface area (Å²) in [4.78, 5) is 25.0. The van der Waals surface area contributed by atoms with Gasteiger partial charge in [0.1, 0.15) is 5.75 Å². The first-order valence-electron chi connectivity index (χ1n) is 8.28. The van der Waals surface area contributed by atoms with Crippen molar-refractivity contribution in [3.8, 4) is 23.0 Å². The number of hydrazine groups is 1. The molecule has 2 aromatic carbocycles. The normalized spacial score (nSPS) is 10.0. The number of nitrogens with one attached hydrogen (secondary N) is 2. The molecule has 2 rings (SSSR count). The maximum atomic E-state index is 12.5. The second-order valence-corrected chi connectivity index (χ2v) is 6.31. The van der Waals surface area contributed by atoms with Crippen molar-refractivity contribution in [2.75, 3.05) is 27.9 Å². The monoisotopic (exact) mass is 452 g/mol. The fraction of sp³-hybridized carbons (Fsp3) is 0.263. The Kier molecular flexibility index (Phi) is 7.51. The molecule has 0 bridgehead atoms. The fourth-order valence-corrected chi connectivity index (χ4v) is 2.79. The number of hydrogen-bond acceptors (Lipinski definition) is 6. The summed E-state index contributed by atoms with van der Waals surface area (Å²) in [5.74, 6) is 0.338. The van der Waals surface area contributed by atoms with Gasteiger partial charge in [-0.2, -0.15) is 0 Å². The van der Waals surface area contributed by atoms with E-state index in [1.54, 1.807) is 18.2 Å². The van der Waals surface area contributed by atoms with Crippen LogP contribution in [0.2, 0.25) is 0 Å². The van der Waals surface area contributed by atoms with E-state index in [1.165, 1.54) is 33.5 Å². The molecular weight excluding hydrogens is 432 g/mol. The van der Waals surface area contributed by atoms with E-state index in [-0.39, 0.29) is 11.1 Å². The summed E-state index contributed by atoms with van der Waals surface area (Å²) in [6, 6.07) is 7.99. The number of rotatable bonds is 7. The zero-order valence-electron chi connectivity index (χ0n) is 15.9. The van der Waals surface area contributed by atoms with Gasteiger partial charge in [0, 0.05) is 10.0 Å². The third-order valence-electron chi connectivity index (χ3n) is 3.70. The summed E-state index contributed by atoms with van der Waals surface area (Å²) in [6.45, 7) is 2.22. The Balaban J connectivity index is 2.18. The minimum Gasteiger partial charge on any atom is -0.493 e. The molecule has 0 saturated carbocycles. The first-order chi connectivity index (χ1) is 13.4. The largest absolute Gasteiger partial charge is 0.493 e. The molecule has 0 unspecified atom stereocenters. The van der Waals surface area contributed by atoms with E-state index in [0.717, 1.165) is 0 Å². The van der Waals surface area contributed by atoms with Gasteiger partial charge >= 0.3 is 0 Å². The van der Waals surface area contributed by atoms with Crippen LogP contribution in [0.15, 0.2) is 34.8 Å². The predicted octanol–water partition coefficient (Wildman–Crippen LogP) is 2.95. The topological polar surface area (TPSA) is 95.1 Å². The van der Waals surface area contributed by atoms with Crippen molar-refractivity contribution in [1.29, 1.82) is 0 Å². The minimum atomic E-state index is -0.555. The van der Waals surface area contributed by atoms with Gasteiger partial charge in [0.05, 0.1) is 33.5 Å². The molecule has 2 aromatic rings. The van der Waals surface area contributed by atoms with Crippen molar-refractivity contribution < 1.29 is 28.5 Å². The molecule has 0 aliphatic carbocycles. The minimum absolute atomic E-state index is 0.217.